The highest BCUT2D eigenvalue weighted by molar-refractivity contribution is 5.25. The number of nitrogens with one attached hydrogen (secondary N) is 1. The molecule has 2 heteroatoms. The molecule has 2 aromatic rings. The van der Waals surface area contributed by atoms with E-state index in [0.717, 1.165) is 25.8 Å². The zero-order valence-corrected chi connectivity index (χ0v) is 11.9. The lowest BCUT2D eigenvalue weighted by atomic mass is 9.99. The molecule has 0 bridgehead atoms. The maximum Gasteiger partial charge on any atom is 0.0950 e. The predicted octanol–water partition coefficient (Wildman–Crippen LogP) is 4.13. The molecule has 2 rings (SSSR count). The smallest absolute Gasteiger partial charge is 0.0950 e. The highest BCUT2D eigenvalue weighted by Crippen LogP contribution is 2.19. The van der Waals surface area contributed by atoms with Crippen molar-refractivity contribution in [2.24, 2.45) is 0 Å². The minimum Gasteiger partial charge on any atom is -0.472 e. The molecule has 0 saturated heterocycles. The van der Waals surface area contributed by atoms with Gasteiger partial charge < -0.3 is 9.73 Å². The maximum absolute atomic E-state index is 5.21. The molecule has 19 heavy (non-hydrogen) atoms. The highest BCUT2D eigenvalue weighted by Gasteiger charge is 2.12. The third-order valence-electron chi connectivity index (χ3n) is 3.46. The fraction of sp³-hybridized carbons (Fsp3) is 0.412. The van der Waals surface area contributed by atoms with E-state index in [1.165, 1.54) is 16.7 Å². The first-order valence-corrected chi connectivity index (χ1v) is 7.16. The second-order valence-corrected chi connectivity index (χ2v) is 4.94. The van der Waals surface area contributed by atoms with Crippen LogP contribution in [0.3, 0.4) is 0 Å². The van der Waals surface area contributed by atoms with Gasteiger partial charge in [0.15, 0.2) is 0 Å². The predicted molar refractivity (Wildman–Crippen MR) is 79.3 cm³/mol. The molecule has 1 unspecified atom stereocenters. The van der Waals surface area contributed by atoms with Crippen LogP contribution in [0.25, 0.3) is 0 Å². The Morgan fingerprint density at radius 3 is 2.37 bits per heavy atom. The lowest BCUT2D eigenvalue weighted by molar-refractivity contribution is 0.512. The summed E-state index contributed by atoms with van der Waals surface area (Å²) in [4.78, 5) is 0. The van der Waals surface area contributed by atoms with E-state index < -0.39 is 0 Å². The van der Waals surface area contributed by atoms with Gasteiger partial charge in [0.05, 0.1) is 12.5 Å². The van der Waals surface area contributed by atoms with Gasteiger partial charge in [-0.2, -0.15) is 0 Å². The van der Waals surface area contributed by atoms with Gasteiger partial charge in [-0.15, -0.1) is 0 Å². The van der Waals surface area contributed by atoms with E-state index in [-0.39, 0.29) is 0 Å². The molecule has 0 radical (unpaired) electrons. The Morgan fingerprint density at radius 1 is 1.05 bits per heavy atom. The Morgan fingerprint density at radius 2 is 1.79 bits per heavy atom. The van der Waals surface area contributed by atoms with E-state index in [4.69, 9.17) is 4.42 Å². The van der Waals surface area contributed by atoms with Crippen molar-refractivity contribution in [2.75, 3.05) is 6.54 Å². The third kappa shape index (κ3) is 3.97. The van der Waals surface area contributed by atoms with Crippen LogP contribution in [-0.2, 0) is 12.8 Å². The minimum absolute atomic E-state index is 0.339. The van der Waals surface area contributed by atoms with E-state index in [9.17, 15) is 0 Å². The summed E-state index contributed by atoms with van der Waals surface area (Å²) in [5.74, 6) is 0. The number of benzene rings is 1. The van der Waals surface area contributed by atoms with Gasteiger partial charge in [-0.3, -0.25) is 0 Å². The van der Waals surface area contributed by atoms with Crippen LogP contribution in [0.5, 0.6) is 0 Å². The number of furan rings is 1. The van der Waals surface area contributed by atoms with Crippen LogP contribution in [-0.4, -0.2) is 6.54 Å². The number of hydrogen-bond donors (Lipinski definition) is 1. The van der Waals surface area contributed by atoms with Crippen molar-refractivity contribution in [3.63, 3.8) is 0 Å². The summed E-state index contributed by atoms with van der Waals surface area (Å²) < 4.78 is 5.21. The topological polar surface area (TPSA) is 25.2 Å². The fourth-order valence-corrected chi connectivity index (χ4v) is 2.25. The normalized spacial score (nSPS) is 12.5. The average Bonchev–Trinajstić information content (AvgIpc) is 2.98. The van der Waals surface area contributed by atoms with E-state index in [2.05, 4.69) is 43.4 Å². The molecule has 102 valence electrons. The zero-order valence-electron chi connectivity index (χ0n) is 11.9. The first kappa shape index (κ1) is 13.9. The van der Waals surface area contributed by atoms with Gasteiger partial charge in [0.2, 0.25) is 0 Å². The standard InChI is InChI=1S/C17H23NO/c1-3-10-18-17(16-9-11-19-13-16)12-15-7-5-14(4-2)6-8-15/h5-9,11,13,17-18H,3-4,10,12H2,1-2H3. The summed E-state index contributed by atoms with van der Waals surface area (Å²) in [6.07, 6.45) is 6.83. The third-order valence-corrected chi connectivity index (χ3v) is 3.46. The van der Waals surface area contributed by atoms with E-state index in [0.29, 0.717) is 6.04 Å². The van der Waals surface area contributed by atoms with Crippen molar-refractivity contribution < 1.29 is 4.42 Å². The molecule has 1 aromatic carbocycles. The summed E-state index contributed by atoms with van der Waals surface area (Å²) in [6, 6.07) is 11.3. The van der Waals surface area contributed by atoms with E-state index in [1.807, 2.05) is 12.3 Å². The summed E-state index contributed by atoms with van der Waals surface area (Å²) in [5, 5.41) is 3.59. The summed E-state index contributed by atoms with van der Waals surface area (Å²) in [6.45, 7) is 5.41. The Kier molecular flexibility index (Phi) is 5.22. The van der Waals surface area contributed by atoms with Crippen LogP contribution >= 0.6 is 0 Å². The van der Waals surface area contributed by atoms with Crippen LogP contribution in [0.2, 0.25) is 0 Å². The molecule has 1 atom stereocenters. The maximum atomic E-state index is 5.21. The number of rotatable bonds is 7. The van der Waals surface area contributed by atoms with E-state index >= 15 is 0 Å². The molecule has 0 aliphatic rings. The number of aryl methyl sites for hydroxylation is 1. The van der Waals surface area contributed by atoms with E-state index in [1.54, 1.807) is 6.26 Å². The molecule has 0 spiro atoms. The minimum atomic E-state index is 0.339. The van der Waals surface area contributed by atoms with Crippen LogP contribution in [0.4, 0.5) is 0 Å². The van der Waals surface area contributed by atoms with Gasteiger partial charge in [-0.25, -0.2) is 0 Å². The first-order chi connectivity index (χ1) is 9.33. The second kappa shape index (κ2) is 7.15. The van der Waals surface area contributed by atoms with Gasteiger partial charge in [0.1, 0.15) is 0 Å². The quantitative estimate of drug-likeness (QED) is 0.807. The molecule has 0 fully saturated rings. The van der Waals surface area contributed by atoms with Crippen molar-refractivity contribution in [1.29, 1.82) is 0 Å². The Balaban J connectivity index is 2.06. The largest absolute Gasteiger partial charge is 0.472 e. The Labute approximate surface area is 115 Å². The Bertz CT molecular complexity index is 459. The molecule has 0 amide bonds. The SMILES string of the molecule is CCCNC(Cc1ccc(CC)cc1)c1ccoc1. The van der Waals surface area contributed by atoms with Gasteiger partial charge >= 0.3 is 0 Å². The second-order valence-electron chi connectivity index (χ2n) is 4.94. The average molecular weight is 257 g/mol. The highest BCUT2D eigenvalue weighted by atomic mass is 16.3. The fourth-order valence-electron chi connectivity index (χ4n) is 2.25. The lowest BCUT2D eigenvalue weighted by Crippen LogP contribution is -2.23. The summed E-state index contributed by atoms with van der Waals surface area (Å²) >= 11 is 0. The molecular formula is C17H23NO. The molecule has 1 N–H and O–H groups in total. The van der Waals surface area contributed by atoms with Crippen LogP contribution in [0.1, 0.15) is 43.0 Å². The summed E-state index contributed by atoms with van der Waals surface area (Å²) in [7, 11) is 0. The van der Waals surface area contributed by atoms with Gasteiger partial charge in [-0.1, -0.05) is 38.1 Å². The lowest BCUT2D eigenvalue weighted by Gasteiger charge is -2.17. The van der Waals surface area contributed by atoms with Crippen molar-refractivity contribution in [3.8, 4) is 0 Å². The molecule has 0 saturated carbocycles. The number of hydrogen-bond acceptors (Lipinski definition) is 2. The molecule has 2 nitrogen and oxygen atoms in total. The van der Waals surface area contributed by atoms with Crippen LogP contribution in [0, 0.1) is 0 Å². The van der Waals surface area contributed by atoms with Crippen molar-refractivity contribution in [1.82, 2.24) is 5.32 Å². The molecule has 0 aliphatic carbocycles. The molecule has 1 heterocycles. The molecule has 1 aromatic heterocycles. The summed E-state index contributed by atoms with van der Waals surface area (Å²) in [5.41, 5.74) is 3.99. The van der Waals surface area contributed by atoms with Gasteiger partial charge in [-0.05, 0) is 43.0 Å². The molecule has 0 aliphatic heterocycles. The monoisotopic (exact) mass is 257 g/mol. The van der Waals surface area contributed by atoms with Gasteiger partial charge in [0.25, 0.3) is 0 Å². The Hall–Kier alpha value is -1.54. The van der Waals surface area contributed by atoms with Crippen LogP contribution < -0.4 is 5.32 Å². The van der Waals surface area contributed by atoms with Crippen molar-refractivity contribution >= 4 is 0 Å². The first-order valence-electron chi connectivity index (χ1n) is 7.16. The molecular weight excluding hydrogens is 234 g/mol. The van der Waals surface area contributed by atoms with Crippen molar-refractivity contribution in [2.45, 2.75) is 39.2 Å². The van der Waals surface area contributed by atoms with Gasteiger partial charge in [0, 0.05) is 11.6 Å². The zero-order chi connectivity index (χ0) is 13.5. The van der Waals surface area contributed by atoms with Crippen LogP contribution in [0.15, 0.2) is 47.3 Å². The van der Waals surface area contributed by atoms with Crippen molar-refractivity contribution in [3.05, 3.63) is 59.5 Å².